The maximum absolute atomic E-state index is 12.6. The molecule has 0 aliphatic carbocycles. The van der Waals surface area contributed by atoms with Gasteiger partial charge in [0, 0.05) is 29.9 Å². The number of quaternary nitrogens is 1. The number of carbonyl (C=O) groups is 3. The normalized spacial score (nSPS) is 27.7. The van der Waals surface area contributed by atoms with Crippen LogP contribution in [0.25, 0.3) is 4.91 Å². The van der Waals surface area contributed by atoms with E-state index in [0.29, 0.717) is 16.8 Å². The molecule has 1 aromatic carbocycles. The molecule has 0 unspecified atom stereocenters. The van der Waals surface area contributed by atoms with Crippen molar-refractivity contribution in [1.82, 2.24) is 4.90 Å². The Balaban J connectivity index is 1.62. The Hall–Kier alpha value is -2.16. The number of fused-ring (bicyclic) bond motifs is 1. The highest BCUT2D eigenvalue weighted by Crippen LogP contribution is 2.58. The van der Waals surface area contributed by atoms with Gasteiger partial charge in [-0.1, -0.05) is 36.0 Å². The minimum absolute atomic E-state index is 0.0213. The van der Waals surface area contributed by atoms with Gasteiger partial charge in [0.15, 0.2) is 0 Å². The third-order valence-electron chi connectivity index (χ3n) is 6.33. The molecular formula is C21H24N2O5S. The van der Waals surface area contributed by atoms with Crippen LogP contribution in [0, 0.1) is 5.41 Å². The molecule has 154 valence electrons. The second-order valence-corrected chi connectivity index (χ2v) is 9.46. The van der Waals surface area contributed by atoms with Crippen LogP contribution in [0.3, 0.4) is 0 Å². The van der Waals surface area contributed by atoms with E-state index >= 15 is 0 Å². The molecule has 3 heterocycles. The van der Waals surface area contributed by atoms with E-state index in [1.54, 1.807) is 0 Å². The SMILES string of the molecule is C[N+]1(Cc2ccc(C3=C(C(=O)[O-])N4C(=O)[C@@](C=O)(CCO)[C@H]4S3)cc2)CCCC1. The number of aliphatic hydroxyl groups excluding tert-OH is 1. The van der Waals surface area contributed by atoms with Crippen molar-refractivity contribution in [2.24, 2.45) is 5.41 Å². The van der Waals surface area contributed by atoms with Crippen molar-refractivity contribution in [1.29, 1.82) is 0 Å². The first-order chi connectivity index (χ1) is 13.8. The Kier molecular flexibility index (Phi) is 5.04. The summed E-state index contributed by atoms with van der Waals surface area (Å²) >= 11 is 1.18. The van der Waals surface area contributed by atoms with Crippen molar-refractivity contribution in [3.8, 4) is 0 Å². The van der Waals surface area contributed by atoms with Gasteiger partial charge in [0.25, 0.3) is 0 Å². The molecule has 0 spiro atoms. The van der Waals surface area contributed by atoms with Gasteiger partial charge in [-0.2, -0.15) is 0 Å². The summed E-state index contributed by atoms with van der Waals surface area (Å²) in [6.07, 6.45) is 3.00. The smallest absolute Gasteiger partial charge is 0.244 e. The van der Waals surface area contributed by atoms with Crippen LogP contribution in [0.15, 0.2) is 30.0 Å². The molecular weight excluding hydrogens is 392 g/mol. The quantitative estimate of drug-likeness (QED) is 0.298. The maximum Gasteiger partial charge on any atom is 0.244 e. The standard InChI is InChI=1S/C21H24N2O5S/c1-23(9-2-3-10-23)12-14-4-6-15(7-5-14)17-16(18(26)27)22-19(28)21(13-25,8-11-24)20(22)29-17/h4-7,13,20,24H,2-3,8-12H2,1H3/t20-,21+/m1/s1. The Bertz CT molecular complexity index is 891. The average molecular weight is 416 g/mol. The molecule has 1 amide bonds. The van der Waals surface area contributed by atoms with E-state index in [0.717, 1.165) is 29.0 Å². The van der Waals surface area contributed by atoms with Crippen LogP contribution in [-0.4, -0.2) is 64.8 Å². The molecule has 2 atom stereocenters. The summed E-state index contributed by atoms with van der Waals surface area (Å²) in [5.41, 5.74) is 0.300. The number of carboxylic acids is 1. The van der Waals surface area contributed by atoms with Gasteiger partial charge in [0.1, 0.15) is 23.6 Å². The molecule has 1 aromatic rings. The number of aliphatic hydroxyl groups is 1. The van der Waals surface area contributed by atoms with E-state index in [1.165, 1.54) is 30.2 Å². The highest BCUT2D eigenvalue weighted by Gasteiger charge is 2.65. The molecule has 3 aliphatic rings. The molecule has 2 saturated heterocycles. The lowest BCUT2D eigenvalue weighted by Gasteiger charge is -2.49. The molecule has 0 saturated carbocycles. The predicted molar refractivity (Wildman–Crippen MR) is 106 cm³/mol. The number of rotatable bonds is 7. The zero-order chi connectivity index (χ0) is 20.8. The van der Waals surface area contributed by atoms with E-state index in [-0.39, 0.29) is 18.7 Å². The number of thioether (sulfide) groups is 1. The van der Waals surface area contributed by atoms with Crippen molar-refractivity contribution in [2.75, 3.05) is 26.7 Å². The maximum atomic E-state index is 12.6. The summed E-state index contributed by atoms with van der Waals surface area (Å²) in [4.78, 5) is 37.6. The number of hydrogen-bond donors (Lipinski definition) is 1. The van der Waals surface area contributed by atoms with E-state index < -0.39 is 22.7 Å². The number of hydrogen-bond acceptors (Lipinski definition) is 6. The fraction of sp³-hybridized carbons (Fsp3) is 0.476. The predicted octanol–water partition coefficient (Wildman–Crippen LogP) is 0.328. The van der Waals surface area contributed by atoms with Gasteiger partial charge in [0.2, 0.25) is 5.91 Å². The summed E-state index contributed by atoms with van der Waals surface area (Å²) in [5.74, 6) is -2.03. The number of aliphatic carboxylic acids is 1. The molecule has 0 aromatic heterocycles. The minimum Gasteiger partial charge on any atom is -0.543 e. The lowest BCUT2D eigenvalue weighted by Crippen LogP contribution is -2.67. The van der Waals surface area contributed by atoms with Crippen LogP contribution in [0.5, 0.6) is 0 Å². The monoisotopic (exact) mass is 416 g/mol. The van der Waals surface area contributed by atoms with Crippen LogP contribution in [0.4, 0.5) is 0 Å². The molecule has 2 fully saturated rings. The first-order valence-corrected chi connectivity index (χ1v) is 10.7. The summed E-state index contributed by atoms with van der Waals surface area (Å²) in [6, 6.07) is 7.73. The fourth-order valence-corrected chi connectivity index (χ4v) is 6.27. The number of amides is 1. The lowest BCUT2D eigenvalue weighted by atomic mass is 9.76. The minimum atomic E-state index is -1.44. The third-order valence-corrected chi connectivity index (χ3v) is 7.85. The second-order valence-electron chi connectivity index (χ2n) is 8.37. The molecule has 4 rings (SSSR count). The van der Waals surface area contributed by atoms with Gasteiger partial charge in [-0.3, -0.25) is 9.69 Å². The number of β-lactam (4-membered cyclic amide) rings is 1. The average Bonchev–Trinajstić information content (AvgIpc) is 3.29. The van der Waals surface area contributed by atoms with Gasteiger partial charge < -0.3 is 24.3 Å². The highest BCUT2D eigenvalue weighted by molar-refractivity contribution is 8.09. The lowest BCUT2D eigenvalue weighted by molar-refractivity contribution is -0.910. The molecule has 3 aliphatic heterocycles. The molecule has 7 nitrogen and oxygen atoms in total. The van der Waals surface area contributed by atoms with E-state index in [2.05, 4.69) is 7.05 Å². The van der Waals surface area contributed by atoms with Crippen molar-refractivity contribution in [3.05, 3.63) is 41.1 Å². The van der Waals surface area contributed by atoms with Crippen LogP contribution in [0.1, 0.15) is 30.4 Å². The summed E-state index contributed by atoms with van der Waals surface area (Å²) in [5, 5.41) is 20.4. The van der Waals surface area contributed by atoms with Crippen molar-refractivity contribution >= 4 is 34.8 Å². The van der Waals surface area contributed by atoms with E-state index in [4.69, 9.17) is 0 Å². The van der Waals surface area contributed by atoms with Crippen LogP contribution in [0.2, 0.25) is 0 Å². The first-order valence-electron chi connectivity index (χ1n) is 9.81. The Morgan fingerprint density at radius 1 is 1.34 bits per heavy atom. The van der Waals surface area contributed by atoms with E-state index in [1.807, 2.05) is 24.3 Å². The van der Waals surface area contributed by atoms with Crippen LogP contribution >= 0.6 is 11.8 Å². The number of carbonyl (C=O) groups excluding carboxylic acids is 3. The molecule has 0 bridgehead atoms. The second kappa shape index (κ2) is 7.27. The van der Waals surface area contributed by atoms with Crippen molar-refractivity contribution < 1.29 is 29.1 Å². The largest absolute Gasteiger partial charge is 0.543 e. The number of carboxylic acid groups (broad SMARTS) is 1. The fourth-order valence-electron chi connectivity index (χ4n) is 4.69. The van der Waals surface area contributed by atoms with Crippen molar-refractivity contribution in [3.63, 3.8) is 0 Å². The summed E-state index contributed by atoms with van der Waals surface area (Å²) in [6.45, 7) is 2.93. The zero-order valence-corrected chi connectivity index (χ0v) is 17.1. The number of benzene rings is 1. The Morgan fingerprint density at radius 3 is 2.55 bits per heavy atom. The van der Waals surface area contributed by atoms with Crippen molar-refractivity contribution in [2.45, 2.75) is 31.2 Å². The van der Waals surface area contributed by atoms with Crippen LogP contribution < -0.4 is 5.11 Å². The number of nitrogens with zero attached hydrogens (tertiary/aromatic N) is 2. The molecule has 1 N–H and O–H groups in total. The van der Waals surface area contributed by atoms with Gasteiger partial charge >= 0.3 is 0 Å². The topological polar surface area (TPSA) is 97.7 Å². The molecule has 8 heteroatoms. The van der Waals surface area contributed by atoms with Gasteiger partial charge in [0.05, 0.1) is 31.8 Å². The van der Waals surface area contributed by atoms with Gasteiger partial charge in [-0.05, 0) is 12.0 Å². The Morgan fingerprint density at radius 2 is 2.00 bits per heavy atom. The zero-order valence-electron chi connectivity index (χ0n) is 16.3. The van der Waals surface area contributed by atoms with Gasteiger partial charge in [-0.15, -0.1) is 0 Å². The van der Waals surface area contributed by atoms with Crippen LogP contribution in [-0.2, 0) is 20.9 Å². The number of likely N-dealkylation sites (tertiary alicyclic amines) is 1. The first kappa shape index (κ1) is 20.1. The third kappa shape index (κ3) is 3.10. The van der Waals surface area contributed by atoms with E-state index in [9.17, 15) is 24.6 Å². The summed E-state index contributed by atoms with van der Waals surface area (Å²) < 4.78 is 1.01. The molecule has 0 radical (unpaired) electrons. The highest BCUT2D eigenvalue weighted by atomic mass is 32.2. The molecule has 29 heavy (non-hydrogen) atoms. The summed E-state index contributed by atoms with van der Waals surface area (Å²) in [7, 11) is 2.25. The Labute approximate surface area is 173 Å². The van der Waals surface area contributed by atoms with Gasteiger partial charge in [-0.25, -0.2) is 0 Å². The number of aldehydes is 1.